The van der Waals surface area contributed by atoms with Crippen LogP contribution in [0.25, 0.3) is 0 Å². The van der Waals surface area contributed by atoms with Crippen molar-refractivity contribution in [2.45, 2.75) is 38.3 Å². The fourth-order valence-electron chi connectivity index (χ4n) is 2.17. The summed E-state index contributed by atoms with van der Waals surface area (Å²) >= 11 is 5.78. The zero-order valence-corrected chi connectivity index (χ0v) is 10.3. The van der Waals surface area contributed by atoms with Crippen LogP contribution < -0.4 is 5.32 Å². The Balaban J connectivity index is 2.19. The van der Waals surface area contributed by atoms with Crippen molar-refractivity contribution < 1.29 is 18.0 Å². The van der Waals surface area contributed by atoms with Gasteiger partial charge in [-0.3, -0.25) is 4.79 Å². The Labute approximate surface area is 104 Å². The van der Waals surface area contributed by atoms with E-state index in [1.807, 2.05) is 0 Å². The maximum Gasteiger partial charge on any atom is 0.389 e. The van der Waals surface area contributed by atoms with Gasteiger partial charge in [0.1, 0.15) is 0 Å². The third-order valence-electron chi connectivity index (χ3n) is 3.21. The lowest BCUT2D eigenvalue weighted by atomic mass is 9.98. The quantitative estimate of drug-likeness (QED) is 0.765. The standard InChI is InChI=1S/C11H17ClF3NO/c12-6-8-2-1-3-9(8)7-16-10(17)4-5-11(13,14)15/h8-9H,1-7H2,(H,16,17). The lowest BCUT2D eigenvalue weighted by molar-refractivity contribution is -0.144. The first-order valence-corrected chi connectivity index (χ1v) is 6.35. The molecular formula is C11H17ClF3NO. The summed E-state index contributed by atoms with van der Waals surface area (Å²) in [6, 6.07) is 0. The normalized spacial score (nSPS) is 24.9. The van der Waals surface area contributed by atoms with Gasteiger partial charge in [-0.2, -0.15) is 13.2 Å². The average Bonchev–Trinajstić information content (AvgIpc) is 2.69. The summed E-state index contributed by atoms with van der Waals surface area (Å²) in [6.45, 7) is 0.452. The lowest BCUT2D eigenvalue weighted by Crippen LogP contribution is -2.31. The van der Waals surface area contributed by atoms with Gasteiger partial charge in [0.2, 0.25) is 5.91 Å². The Morgan fingerprint density at radius 2 is 1.94 bits per heavy atom. The minimum atomic E-state index is -4.26. The zero-order chi connectivity index (χ0) is 12.9. The second kappa shape index (κ2) is 6.47. The highest BCUT2D eigenvalue weighted by Gasteiger charge is 2.29. The first kappa shape index (κ1) is 14.6. The molecule has 0 heterocycles. The highest BCUT2D eigenvalue weighted by molar-refractivity contribution is 6.18. The van der Waals surface area contributed by atoms with Crippen molar-refractivity contribution in [2.24, 2.45) is 11.8 Å². The van der Waals surface area contributed by atoms with Crippen LogP contribution in [0.1, 0.15) is 32.1 Å². The second-order valence-electron chi connectivity index (χ2n) is 4.52. The molecule has 2 atom stereocenters. The van der Waals surface area contributed by atoms with Gasteiger partial charge < -0.3 is 5.32 Å². The monoisotopic (exact) mass is 271 g/mol. The van der Waals surface area contributed by atoms with E-state index < -0.39 is 24.9 Å². The second-order valence-corrected chi connectivity index (χ2v) is 4.83. The maximum absolute atomic E-state index is 11.9. The highest BCUT2D eigenvalue weighted by atomic mass is 35.5. The molecule has 0 aromatic rings. The largest absolute Gasteiger partial charge is 0.389 e. The third-order valence-corrected chi connectivity index (χ3v) is 3.61. The summed E-state index contributed by atoms with van der Waals surface area (Å²) in [5, 5.41) is 2.56. The number of rotatable bonds is 5. The minimum absolute atomic E-state index is 0.322. The first-order valence-electron chi connectivity index (χ1n) is 5.82. The molecule has 2 unspecified atom stereocenters. The van der Waals surface area contributed by atoms with Crippen LogP contribution in [0.3, 0.4) is 0 Å². The van der Waals surface area contributed by atoms with E-state index in [9.17, 15) is 18.0 Å². The van der Waals surface area contributed by atoms with Gasteiger partial charge in [-0.15, -0.1) is 11.6 Å². The Bertz CT molecular complexity index is 258. The van der Waals surface area contributed by atoms with E-state index in [2.05, 4.69) is 5.32 Å². The SMILES string of the molecule is O=C(CCC(F)(F)F)NCC1CCCC1CCl. The molecule has 17 heavy (non-hydrogen) atoms. The van der Waals surface area contributed by atoms with Gasteiger partial charge in [-0.05, 0) is 24.7 Å². The van der Waals surface area contributed by atoms with E-state index in [-0.39, 0.29) is 0 Å². The molecule has 100 valence electrons. The van der Waals surface area contributed by atoms with Crippen molar-refractivity contribution in [1.82, 2.24) is 5.32 Å². The molecule has 1 rings (SSSR count). The molecular weight excluding hydrogens is 255 g/mol. The van der Waals surface area contributed by atoms with Gasteiger partial charge in [0.15, 0.2) is 0 Å². The van der Waals surface area contributed by atoms with Crippen molar-refractivity contribution in [1.29, 1.82) is 0 Å². The molecule has 0 bridgehead atoms. The zero-order valence-electron chi connectivity index (χ0n) is 9.52. The predicted octanol–water partition coefficient (Wildman–Crippen LogP) is 3.10. The lowest BCUT2D eigenvalue weighted by Gasteiger charge is -2.17. The van der Waals surface area contributed by atoms with Crippen molar-refractivity contribution in [3.8, 4) is 0 Å². The van der Waals surface area contributed by atoms with Gasteiger partial charge in [-0.1, -0.05) is 6.42 Å². The molecule has 6 heteroatoms. The molecule has 1 aliphatic rings. The number of nitrogens with one attached hydrogen (secondary N) is 1. The Morgan fingerprint density at radius 3 is 2.53 bits per heavy atom. The van der Waals surface area contributed by atoms with Crippen molar-refractivity contribution in [3.63, 3.8) is 0 Å². The van der Waals surface area contributed by atoms with Crippen LogP contribution in [-0.2, 0) is 4.79 Å². The van der Waals surface area contributed by atoms with E-state index >= 15 is 0 Å². The van der Waals surface area contributed by atoms with Crippen LogP contribution in [0.4, 0.5) is 13.2 Å². The van der Waals surface area contributed by atoms with Crippen LogP contribution in [0, 0.1) is 11.8 Å². The van der Waals surface area contributed by atoms with Gasteiger partial charge in [0.05, 0.1) is 6.42 Å². The summed E-state index contributed by atoms with van der Waals surface area (Å²) in [7, 11) is 0. The molecule has 0 aliphatic heterocycles. The van der Waals surface area contributed by atoms with Crippen LogP contribution in [0.5, 0.6) is 0 Å². The average molecular weight is 272 g/mol. The molecule has 0 spiro atoms. The van der Waals surface area contributed by atoms with E-state index in [1.54, 1.807) is 0 Å². The summed E-state index contributed by atoms with van der Waals surface area (Å²) < 4.78 is 35.6. The van der Waals surface area contributed by atoms with Gasteiger partial charge in [0, 0.05) is 18.8 Å². The van der Waals surface area contributed by atoms with E-state index in [4.69, 9.17) is 11.6 Å². The summed E-state index contributed by atoms with van der Waals surface area (Å²) in [5.74, 6) is 0.743. The van der Waals surface area contributed by atoms with E-state index in [0.717, 1.165) is 19.3 Å². The van der Waals surface area contributed by atoms with Crippen LogP contribution >= 0.6 is 11.6 Å². The van der Waals surface area contributed by atoms with E-state index in [0.29, 0.717) is 24.3 Å². The fourth-order valence-corrected chi connectivity index (χ4v) is 2.58. The van der Waals surface area contributed by atoms with Crippen molar-refractivity contribution in [3.05, 3.63) is 0 Å². The van der Waals surface area contributed by atoms with Crippen molar-refractivity contribution in [2.75, 3.05) is 12.4 Å². The van der Waals surface area contributed by atoms with Crippen LogP contribution in [0.2, 0.25) is 0 Å². The molecule has 1 fully saturated rings. The summed E-state index contributed by atoms with van der Waals surface area (Å²) in [5.41, 5.74) is 0. The Kier molecular flexibility index (Phi) is 5.56. The minimum Gasteiger partial charge on any atom is -0.356 e. The highest BCUT2D eigenvalue weighted by Crippen LogP contribution is 2.32. The number of alkyl halides is 4. The smallest absolute Gasteiger partial charge is 0.356 e. The Morgan fingerprint density at radius 1 is 1.29 bits per heavy atom. The van der Waals surface area contributed by atoms with Gasteiger partial charge in [-0.25, -0.2) is 0 Å². The molecule has 1 N–H and O–H groups in total. The topological polar surface area (TPSA) is 29.1 Å². The molecule has 1 aliphatic carbocycles. The summed E-state index contributed by atoms with van der Waals surface area (Å²) in [6.07, 6.45) is -2.67. The predicted molar refractivity (Wildman–Crippen MR) is 59.8 cm³/mol. The number of hydrogen-bond acceptors (Lipinski definition) is 1. The molecule has 0 saturated heterocycles. The van der Waals surface area contributed by atoms with Crippen LogP contribution in [-0.4, -0.2) is 24.5 Å². The molecule has 0 radical (unpaired) electrons. The van der Waals surface area contributed by atoms with Gasteiger partial charge in [0.25, 0.3) is 0 Å². The number of carbonyl (C=O) groups excluding carboxylic acids is 1. The molecule has 0 aromatic heterocycles. The summed E-state index contributed by atoms with van der Waals surface area (Å²) in [4.78, 5) is 11.2. The fraction of sp³-hybridized carbons (Fsp3) is 0.909. The molecule has 0 aromatic carbocycles. The van der Waals surface area contributed by atoms with E-state index in [1.165, 1.54) is 0 Å². The first-order chi connectivity index (χ1) is 7.92. The van der Waals surface area contributed by atoms with Gasteiger partial charge >= 0.3 is 6.18 Å². The molecule has 1 saturated carbocycles. The molecule has 2 nitrogen and oxygen atoms in total. The Hall–Kier alpha value is -0.450. The maximum atomic E-state index is 11.9. The number of carbonyl (C=O) groups is 1. The number of amides is 1. The van der Waals surface area contributed by atoms with Crippen molar-refractivity contribution >= 4 is 17.5 Å². The third kappa shape index (κ3) is 5.61. The van der Waals surface area contributed by atoms with Crippen LogP contribution in [0.15, 0.2) is 0 Å². The molecule has 1 amide bonds. The number of halogens is 4. The number of hydrogen-bond donors (Lipinski definition) is 1.